The first kappa shape index (κ1) is 16.9. The van der Waals surface area contributed by atoms with Gasteiger partial charge in [0.2, 0.25) is 0 Å². The third kappa shape index (κ3) is 3.05. The first-order valence-corrected chi connectivity index (χ1v) is 10.7. The second-order valence-electron chi connectivity index (χ2n) is 7.46. The molecule has 4 heterocycles. The fourth-order valence-electron chi connectivity index (χ4n) is 4.28. The Balaban J connectivity index is 1.68. The number of piperidine rings is 1. The van der Waals surface area contributed by atoms with Gasteiger partial charge in [0.1, 0.15) is 5.52 Å². The maximum Gasteiger partial charge on any atom is 0.151 e. The van der Waals surface area contributed by atoms with Crippen molar-refractivity contribution in [3.63, 3.8) is 0 Å². The van der Waals surface area contributed by atoms with E-state index in [1.165, 1.54) is 35.0 Å². The summed E-state index contributed by atoms with van der Waals surface area (Å²) in [5.41, 5.74) is 4.36. The molecule has 0 bridgehead atoms. The number of nitrogens with zero attached hydrogens (tertiary/aromatic N) is 3. The van der Waals surface area contributed by atoms with E-state index in [-0.39, 0.29) is 0 Å². The molecule has 1 saturated heterocycles. The topological polar surface area (TPSA) is 42.7 Å². The van der Waals surface area contributed by atoms with E-state index in [1.807, 2.05) is 0 Å². The van der Waals surface area contributed by atoms with Crippen LogP contribution in [0.3, 0.4) is 0 Å². The van der Waals surface area contributed by atoms with Crippen molar-refractivity contribution >= 4 is 33.3 Å². The average molecular weight is 377 g/mol. The molecule has 0 radical (unpaired) electrons. The Kier molecular flexibility index (Phi) is 4.42. The summed E-state index contributed by atoms with van der Waals surface area (Å²) in [7, 11) is 0. The largest absolute Gasteiger partial charge is 0.323 e. The number of para-hydroxylation sites is 1. The lowest BCUT2D eigenvalue weighted by molar-refractivity contribution is 0.340. The molecule has 0 aliphatic carbocycles. The maximum atomic E-state index is 5.07. The van der Waals surface area contributed by atoms with Crippen LogP contribution in [0.2, 0.25) is 0 Å². The number of imidazole rings is 1. The Morgan fingerprint density at radius 2 is 1.96 bits per heavy atom. The van der Waals surface area contributed by atoms with Crippen molar-refractivity contribution in [1.82, 2.24) is 19.9 Å². The third-order valence-corrected chi connectivity index (χ3v) is 6.58. The van der Waals surface area contributed by atoms with Crippen LogP contribution in [0.15, 0.2) is 41.8 Å². The van der Waals surface area contributed by atoms with Crippen molar-refractivity contribution in [1.29, 1.82) is 0 Å². The molecule has 1 N–H and O–H groups in total. The number of pyridine rings is 1. The van der Waals surface area contributed by atoms with Crippen LogP contribution < -0.4 is 5.32 Å². The van der Waals surface area contributed by atoms with E-state index in [9.17, 15) is 0 Å². The Labute approximate surface area is 163 Å². The minimum absolute atomic E-state index is 0.800. The van der Waals surface area contributed by atoms with Crippen LogP contribution in [-0.4, -0.2) is 27.6 Å². The van der Waals surface area contributed by atoms with Gasteiger partial charge in [-0.25, -0.2) is 4.98 Å². The van der Waals surface area contributed by atoms with Crippen molar-refractivity contribution in [3.8, 4) is 10.7 Å². The van der Waals surface area contributed by atoms with Crippen LogP contribution in [0.5, 0.6) is 0 Å². The smallest absolute Gasteiger partial charge is 0.151 e. The molecular formula is C22H24N4S. The molecule has 1 aliphatic heterocycles. The molecule has 1 fully saturated rings. The van der Waals surface area contributed by atoms with Crippen LogP contribution in [0.4, 0.5) is 0 Å². The number of nitrogens with one attached hydrogen (secondary N) is 1. The Morgan fingerprint density at radius 3 is 2.78 bits per heavy atom. The molecule has 27 heavy (non-hydrogen) atoms. The molecule has 1 aromatic carbocycles. The summed E-state index contributed by atoms with van der Waals surface area (Å²) < 4.78 is 2.46. The zero-order chi connectivity index (χ0) is 18.2. The van der Waals surface area contributed by atoms with E-state index in [0.29, 0.717) is 0 Å². The highest BCUT2D eigenvalue weighted by Crippen LogP contribution is 2.34. The molecule has 5 heteroatoms. The summed E-state index contributed by atoms with van der Waals surface area (Å²) in [5.74, 6) is 1.89. The first-order chi connectivity index (χ1) is 13.3. The molecule has 0 spiro atoms. The van der Waals surface area contributed by atoms with Gasteiger partial charge in [0, 0.05) is 11.9 Å². The number of benzene rings is 1. The summed E-state index contributed by atoms with van der Waals surface area (Å²) in [4.78, 5) is 11.1. The lowest BCUT2D eigenvalue weighted by Gasteiger charge is -2.23. The zero-order valence-electron chi connectivity index (χ0n) is 15.6. The molecule has 5 rings (SSSR count). The molecule has 138 valence electrons. The Bertz CT molecular complexity index is 1070. The van der Waals surface area contributed by atoms with Gasteiger partial charge in [0.05, 0.1) is 21.6 Å². The van der Waals surface area contributed by atoms with Gasteiger partial charge in [-0.2, -0.15) is 0 Å². The van der Waals surface area contributed by atoms with Gasteiger partial charge < -0.3 is 9.88 Å². The molecule has 1 aliphatic rings. The van der Waals surface area contributed by atoms with E-state index in [2.05, 4.69) is 58.6 Å². The molecule has 0 amide bonds. The van der Waals surface area contributed by atoms with Crippen molar-refractivity contribution < 1.29 is 0 Å². The van der Waals surface area contributed by atoms with Gasteiger partial charge in [-0.05, 0) is 62.7 Å². The number of hydrogen-bond acceptors (Lipinski definition) is 4. The molecule has 3 aromatic heterocycles. The van der Waals surface area contributed by atoms with Gasteiger partial charge >= 0.3 is 0 Å². The lowest BCUT2D eigenvalue weighted by atomic mass is 9.94. The van der Waals surface area contributed by atoms with Crippen molar-refractivity contribution in [2.75, 3.05) is 13.1 Å². The Hall–Kier alpha value is -2.24. The normalized spacial score (nSPS) is 15.7. The molecular weight excluding hydrogens is 352 g/mol. The van der Waals surface area contributed by atoms with E-state index >= 15 is 0 Å². The minimum atomic E-state index is 0.800. The van der Waals surface area contributed by atoms with E-state index in [1.54, 1.807) is 11.3 Å². The molecule has 0 unspecified atom stereocenters. The molecule has 0 saturated carbocycles. The van der Waals surface area contributed by atoms with Gasteiger partial charge in [0.25, 0.3) is 0 Å². The fraction of sp³-hybridized carbons (Fsp3) is 0.364. The second kappa shape index (κ2) is 7.06. The first-order valence-electron chi connectivity index (χ1n) is 9.81. The summed E-state index contributed by atoms with van der Waals surface area (Å²) >= 11 is 1.76. The maximum absolute atomic E-state index is 5.07. The van der Waals surface area contributed by atoms with Crippen LogP contribution in [0.25, 0.3) is 32.6 Å². The lowest BCUT2D eigenvalue weighted by Crippen LogP contribution is -2.28. The van der Waals surface area contributed by atoms with Gasteiger partial charge in [0.15, 0.2) is 5.82 Å². The minimum Gasteiger partial charge on any atom is -0.323 e. The number of thiophene rings is 1. The number of hydrogen-bond donors (Lipinski definition) is 1. The summed E-state index contributed by atoms with van der Waals surface area (Å²) in [6.45, 7) is 5.40. The zero-order valence-corrected chi connectivity index (χ0v) is 16.4. The van der Waals surface area contributed by atoms with Crippen LogP contribution in [0.1, 0.15) is 25.0 Å². The van der Waals surface area contributed by atoms with Crippen LogP contribution in [0, 0.1) is 12.8 Å². The fourth-order valence-corrected chi connectivity index (χ4v) is 5.00. The number of rotatable bonds is 4. The third-order valence-electron chi connectivity index (χ3n) is 5.72. The Morgan fingerprint density at radius 1 is 1.11 bits per heavy atom. The standard InChI is InChI=1S/C22H24N4S/c1-15-20-21(17-5-2-3-6-18(17)24-15)26(13-10-16-8-11-23-12-9-16)22(25-20)19-7-4-14-27-19/h2-7,14,16,23H,8-13H2,1H3. The highest BCUT2D eigenvalue weighted by Gasteiger charge is 2.20. The number of fused-ring (bicyclic) bond motifs is 3. The van der Waals surface area contributed by atoms with Crippen molar-refractivity contribution in [3.05, 3.63) is 47.5 Å². The van der Waals surface area contributed by atoms with E-state index in [4.69, 9.17) is 9.97 Å². The second-order valence-corrected chi connectivity index (χ2v) is 8.41. The predicted molar refractivity (Wildman–Crippen MR) is 113 cm³/mol. The summed E-state index contributed by atoms with van der Waals surface area (Å²) in [6.07, 6.45) is 3.77. The van der Waals surface area contributed by atoms with E-state index in [0.717, 1.165) is 48.1 Å². The highest BCUT2D eigenvalue weighted by atomic mass is 32.1. The van der Waals surface area contributed by atoms with E-state index < -0.39 is 0 Å². The monoisotopic (exact) mass is 376 g/mol. The van der Waals surface area contributed by atoms with Crippen LogP contribution in [-0.2, 0) is 6.54 Å². The molecule has 4 aromatic rings. The quantitative estimate of drug-likeness (QED) is 0.544. The molecule has 0 atom stereocenters. The average Bonchev–Trinajstić information content (AvgIpc) is 3.35. The predicted octanol–water partition coefficient (Wildman–Crippen LogP) is 5.01. The van der Waals surface area contributed by atoms with Gasteiger partial charge in [-0.1, -0.05) is 24.3 Å². The number of aryl methyl sites for hydroxylation is 2. The number of aromatic nitrogens is 3. The van der Waals surface area contributed by atoms with Crippen molar-refractivity contribution in [2.45, 2.75) is 32.7 Å². The van der Waals surface area contributed by atoms with Crippen molar-refractivity contribution in [2.24, 2.45) is 5.92 Å². The summed E-state index contributed by atoms with van der Waals surface area (Å²) in [6, 6.07) is 12.8. The summed E-state index contributed by atoms with van der Waals surface area (Å²) in [5, 5.41) is 6.82. The van der Waals surface area contributed by atoms with Gasteiger partial charge in [-0.3, -0.25) is 4.98 Å². The van der Waals surface area contributed by atoms with Gasteiger partial charge in [-0.15, -0.1) is 11.3 Å². The SMILES string of the molecule is Cc1nc2ccccc2c2c1nc(-c1cccs1)n2CCC1CCNCC1. The highest BCUT2D eigenvalue weighted by molar-refractivity contribution is 7.13. The molecule has 4 nitrogen and oxygen atoms in total. The van der Waals surface area contributed by atoms with Crippen LogP contribution >= 0.6 is 11.3 Å².